The van der Waals surface area contributed by atoms with Crippen LogP contribution in [0.3, 0.4) is 0 Å². The van der Waals surface area contributed by atoms with Crippen LogP contribution >= 0.6 is 0 Å². The third-order valence-corrected chi connectivity index (χ3v) is 1.98. The number of anilines is 2. The van der Waals surface area contributed by atoms with E-state index in [9.17, 15) is 0 Å². The zero-order valence-corrected chi connectivity index (χ0v) is 8.94. The lowest BCUT2D eigenvalue weighted by Gasteiger charge is -2.07. The maximum Gasteiger partial charge on any atom is 0.101 e. The molecule has 0 fully saturated rings. The molecular formula is C11H15N3O2. The van der Waals surface area contributed by atoms with Gasteiger partial charge in [-0.25, -0.2) is 0 Å². The molecule has 4 N–H and O–H groups in total. The summed E-state index contributed by atoms with van der Waals surface area (Å²) in [6.45, 7) is 1.52. The van der Waals surface area contributed by atoms with Crippen molar-refractivity contribution in [2.75, 3.05) is 37.4 Å². The van der Waals surface area contributed by atoms with Crippen molar-refractivity contribution >= 4 is 11.4 Å². The fraction of sp³-hybridized carbons (Fsp3) is 0.364. The first kappa shape index (κ1) is 12.3. The van der Waals surface area contributed by atoms with Crippen LogP contribution in [0.25, 0.3) is 0 Å². The minimum atomic E-state index is 0.0316. The van der Waals surface area contributed by atoms with Crippen molar-refractivity contribution in [1.29, 1.82) is 5.26 Å². The quantitative estimate of drug-likeness (QED) is 0.482. The number of hydrogen-bond donors (Lipinski definition) is 3. The number of nitrogens with zero attached hydrogens (tertiary/aromatic N) is 1. The van der Waals surface area contributed by atoms with E-state index in [2.05, 4.69) is 5.32 Å². The van der Waals surface area contributed by atoms with Gasteiger partial charge in [0.15, 0.2) is 0 Å². The molecular weight excluding hydrogens is 206 g/mol. The molecule has 5 heteroatoms. The molecule has 0 aliphatic heterocycles. The van der Waals surface area contributed by atoms with Crippen LogP contribution in [0.2, 0.25) is 0 Å². The van der Waals surface area contributed by atoms with Gasteiger partial charge >= 0.3 is 0 Å². The summed E-state index contributed by atoms with van der Waals surface area (Å²) in [4.78, 5) is 0. The standard InChI is InChI=1S/C11H15N3O2/c12-8-9-1-2-10(7-11(9)13)14-3-5-16-6-4-15/h1-2,7,14-15H,3-6,13H2. The van der Waals surface area contributed by atoms with Crippen LogP contribution in [0.15, 0.2) is 18.2 Å². The van der Waals surface area contributed by atoms with E-state index < -0.39 is 0 Å². The molecule has 0 saturated carbocycles. The van der Waals surface area contributed by atoms with Gasteiger partial charge in [-0.15, -0.1) is 0 Å². The van der Waals surface area contributed by atoms with Crippen LogP contribution in [-0.4, -0.2) is 31.5 Å². The highest BCUT2D eigenvalue weighted by atomic mass is 16.5. The van der Waals surface area contributed by atoms with Crippen LogP contribution in [-0.2, 0) is 4.74 Å². The SMILES string of the molecule is N#Cc1ccc(NCCOCCO)cc1N. The second kappa shape index (κ2) is 6.67. The summed E-state index contributed by atoms with van der Waals surface area (Å²) in [6, 6.07) is 7.18. The summed E-state index contributed by atoms with van der Waals surface area (Å²) >= 11 is 0. The van der Waals surface area contributed by atoms with Gasteiger partial charge in [0.25, 0.3) is 0 Å². The molecule has 0 bridgehead atoms. The van der Waals surface area contributed by atoms with E-state index in [0.29, 0.717) is 31.0 Å². The topological polar surface area (TPSA) is 91.3 Å². The lowest BCUT2D eigenvalue weighted by Crippen LogP contribution is -2.11. The lowest BCUT2D eigenvalue weighted by molar-refractivity contribution is 0.0992. The number of nitrogens with one attached hydrogen (secondary N) is 1. The molecule has 5 nitrogen and oxygen atoms in total. The summed E-state index contributed by atoms with van der Waals surface area (Å²) in [5.41, 5.74) is 7.44. The molecule has 0 aliphatic carbocycles. The van der Waals surface area contributed by atoms with E-state index in [1.54, 1.807) is 18.2 Å². The Kier molecular flexibility index (Phi) is 5.12. The third-order valence-electron chi connectivity index (χ3n) is 1.98. The summed E-state index contributed by atoms with van der Waals surface area (Å²) in [7, 11) is 0. The predicted molar refractivity (Wildman–Crippen MR) is 62.0 cm³/mol. The highest BCUT2D eigenvalue weighted by molar-refractivity contribution is 5.62. The second-order valence-corrected chi connectivity index (χ2v) is 3.18. The lowest BCUT2D eigenvalue weighted by atomic mass is 10.2. The molecule has 86 valence electrons. The third kappa shape index (κ3) is 3.77. The number of aliphatic hydroxyl groups excluding tert-OH is 1. The Hall–Kier alpha value is -1.77. The number of nitrogens with two attached hydrogens (primary N) is 1. The average Bonchev–Trinajstić information content (AvgIpc) is 2.29. The predicted octanol–water partition coefficient (Wildman–Crippen LogP) is 0.561. The number of aliphatic hydroxyl groups is 1. The summed E-state index contributed by atoms with van der Waals surface area (Å²) in [6.07, 6.45) is 0. The number of ether oxygens (including phenoxy) is 1. The van der Waals surface area contributed by atoms with Crippen molar-refractivity contribution in [1.82, 2.24) is 0 Å². The molecule has 0 amide bonds. The number of benzene rings is 1. The Morgan fingerprint density at radius 2 is 2.25 bits per heavy atom. The fourth-order valence-electron chi connectivity index (χ4n) is 1.21. The average molecular weight is 221 g/mol. The Bertz CT molecular complexity index is 374. The molecule has 0 aliphatic rings. The number of hydrogen-bond acceptors (Lipinski definition) is 5. The van der Waals surface area contributed by atoms with Gasteiger partial charge in [-0.05, 0) is 18.2 Å². The smallest absolute Gasteiger partial charge is 0.101 e. The summed E-state index contributed by atoms with van der Waals surface area (Å²) in [5.74, 6) is 0. The number of nitrogen functional groups attached to an aromatic ring is 1. The Morgan fingerprint density at radius 3 is 2.88 bits per heavy atom. The zero-order chi connectivity index (χ0) is 11.8. The van der Waals surface area contributed by atoms with E-state index in [0.717, 1.165) is 5.69 Å². The molecule has 0 spiro atoms. The molecule has 0 radical (unpaired) electrons. The Labute approximate surface area is 94.4 Å². The molecule has 16 heavy (non-hydrogen) atoms. The van der Waals surface area contributed by atoms with Crippen LogP contribution in [0.4, 0.5) is 11.4 Å². The first-order valence-corrected chi connectivity index (χ1v) is 5.00. The van der Waals surface area contributed by atoms with Crippen LogP contribution in [0.1, 0.15) is 5.56 Å². The van der Waals surface area contributed by atoms with Crippen molar-refractivity contribution in [3.8, 4) is 6.07 Å². The van der Waals surface area contributed by atoms with E-state index >= 15 is 0 Å². The zero-order valence-electron chi connectivity index (χ0n) is 8.94. The normalized spacial score (nSPS) is 9.75. The van der Waals surface area contributed by atoms with Crippen molar-refractivity contribution in [3.05, 3.63) is 23.8 Å². The second-order valence-electron chi connectivity index (χ2n) is 3.18. The largest absolute Gasteiger partial charge is 0.398 e. The van der Waals surface area contributed by atoms with Crippen molar-refractivity contribution < 1.29 is 9.84 Å². The molecule has 0 unspecified atom stereocenters. The van der Waals surface area contributed by atoms with Crippen LogP contribution in [0.5, 0.6) is 0 Å². The van der Waals surface area contributed by atoms with E-state index in [4.69, 9.17) is 20.8 Å². The molecule has 1 rings (SSSR count). The molecule has 1 aromatic rings. The van der Waals surface area contributed by atoms with Gasteiger partial charge in [0.2, 0.25) is 0 Å². The van der Waals surface area contributed by atoms with Gasteiger partial charge in [0.1, 0.15) is 6.07 Å². The Morgan fingerprint density at radius 1 is 1.44 bits per heavy atom. The monoisotopic (exact) mass is 221 g/mol. The molecule has 0 heterocycles. The van der Waals surface area contributed by atoms with Crippen molar-refractivity contribution in [2.45, 2.75) is 0 Å². The van der Waals surface area contributed by atoms with E-state index in [-0.39, 0.29) is 6.61 Å². The molecule has 1 aromatic carbocycles. The fourth-order valence-corrected chi connectivity index (χ4v) is 1.21. The van der Waals surface area contributed by atoms with Crippen molar-refractivity contribution in [3.63, 3.8) is 0 Å². The first-order valence-electron chi connectivity index (χ1n) is 5.00. The maximum absolute atomic E-state index is 8.69. The van der Waals surface area contributed by atoms with Gasteiger partial charge < -0.3 is 20.9 Å². The molecule has 0 aromatic heterocycles. The van der Waals surface area contributed by atoms with Crippen molar-refractivity contribution in [2.24, 2.45) is 0 Å². The molecule has 0 saturated heterocycles. The van der Waals surface area contributed by atoms with Gasteiger partial charge in [-0.2, -0.15) is 5.26 Å². The Balaban J connectivity index is 2.38. The van der Waals surface area contributed by atoms with E-state index in [1.807, 2.05) is 6.07 Å². The number of rotatable bonds is 6. The van der Waals surface area contributed by atoms with Crippen LogP contribution in [0, 0.1) is 11.3 Å². The highest BCUT2D eigenvalue weighted by Crippen LogP contribution is 2.16. The maximum atomic E-state index is 8.69. The highest BCUT2D eigenvalue weighted by Gasteiger charge is 1.99. The van der Waals surface area contributed by atoms with Gasteiger partial charge in [-0.3, -0.25) is 0 Å². The minimum Gasteiger partial charge on any atom is -0.398 e. The summed E-state index contributed by atoms with van der Waals surface area (Å²) < 4.78 is 5.08. The van der Waals surface area contributed by atoms with E-state index in [1.165, 1.54) is 0 Å². The van der Waals surface area contributed by atoms with Gasteiger partial charge in [0, 0.05) is 12.2 Å². The first-order chi connectivity index (χ1) is 7.77. The molecule has 0 atom stereocenters. The van der Waals surface area contributed by atoms with Crippen LogP contribution < -0.4 is 11.1 Å². The summed E-state index contributed by atoms with van der Waals surface area (Å²) in [5, 5.41) is 20.3. The minimum absolute atomic E-state index is 0.0316. The van der Waals surface area contributed by atoms with Gasteiger partial charge in [-0.1, -0.05) is 0 Å². The van der Waals surface area contributed by atoms with Gasteiger partial charge in [0.05, 0.1) is 31.1 Å². The number of nitriles is 1.